The molecule has 2 aromatic rings. The van der Waals surface area contributed by atoms with Gasteiger partial charge in [0, 0.05) is 23.3 Å². The second-order valence-corrected chi connectivity index (χ2v) is 6.80. The number of nitro benzene ring substituents is 1. The molecule has 7 heteroatoms. The SMILES string of the molecule is COc1c(-c2ccccc2)cc([N+](=O)[O-])cc1C(CC(C)C)C(=O)NCC#N. The second kappa shape index (κ2) is 9.51. The van der Waals surface area contributed by atoms with Crippen LogP contribution in [0.3, 0.4) is 0 Å². The summed E-state index contributed by atoms with van der Waals surface area (Å²) in [7, 11) is 1.48. The number of hydrogen-bond acceptors (Lipinski definition) is 5. The lowest BCUT2D eigenvalue weighted by Gasteiger charge is -2.22. The van der Waals surface area contributed by atoms with Crippen LogP contribution in [0, 0.1) is 27.4 Å². The van der Waals surface area contributed by atoms with Crippen LogP contribution in [0.15, 0.2) is 42.5 Å². The molecular formula is C21H23N3O4. The van der Waals surface area contributed by atoms with Gasteiger partial charge >= 0.3 is 0 Å². The summed E-state index contributed by atoms with van der Waals surface area (Å²) in [6, 6.07) is 13.9. The molecule has 0 aliphatic rings. The van der Waals surface area contributed by atoms with Crippen molar-refractivity contribution >= 4 is 11.6 Å². The fraction of sp³-hybridized carbons (Fsp3) is 0.333. The molecule has 1 unspecified atom stereocenters. The number of rotatable bonds is 8. The Hall–Kier alpha value is -3.40. The summed E-state index contributed by atoms with van der Waals surface area (Å²) in [6.07, 6.45) is 0.461. The van der Waals surface area contributed by atoms with Crippen molar-refractivity contribution in [3.05, 3.63) is 58.1 Å². The molecule has 0 saturated heterocycles. The van der Waals surface area contributed by atoms with Crippen molar-refractivity contribution < 1.29 is 14.5 Å². The molecule has 0 aliphatic carbocycles. The molecule has 0 heterocycles. The number of nitrogens with one attached hydrogen (secondary N) is 1. The molecule has 1 amide bonds. The van der Waals surface area contributed by atoms with E-state index >= 15 is 0 Å². The van der Waals surface area contributed by atoms with E-state index in [1.54, 1.807) is 0 Å². The molecule has 146 valence electrons. The molecule has 1 N–H and O–H groups in total. The number of benzene rings is 2. The number of methoxy groups -OCH3 is 1. The standard InChI is InChI=1S/C21H23N3O4/c1-14(2)11-19(21(25)23-10-9-22)18-13-16(24(26)27)12-17(20(18)28-3)15-7-5-4-6-8-15/h4-8,12-14,19H,10-11H2,1-3H3,(H,23,25). The van der Waals surface area contributed by atoms with E-state index < -0.39 is 10.8 Å². The smallest absolute Gasteiger partial charge is 0.270 e. The number of hydrogen-bond donors (Lipinski definition) is 1. The number of non-ortho nitro benzene ring substituents is 1. The molecule has 0 aliphatic heterocycles. The van der Waals surface area contributed by atoms with Crippen LogP contribution in [0.1, 0.15) is 31.7 Å². The number of nitro groups is 1. The molecule has 28 heavy (non-hydrogen) atoms. The van der Waals surface area contributed by atoms with Crippen molar-refractivity contribution in [3.63, 3.8) is 0 Å². The number of nitrogens with zero attached hydrogens (tertiary/aromatic N) is 2. The van der Waals surface area contributed by atoms with Crippen molar-refractivity contribution in [2.45, 2.75) is 26.2 Å². The van der Waals surface area contributed by atoms with Gasteiger partial charge in [0.1, 0.15) is 12.3 Å². The van der Waals surface area contributed by atoms with Crippen molar-refractivity contribution in [1.82, 2.24) is 5.32 Å². The van der Waals surface area contributed by atoms with E-state index in [0.717, 1.165) is 5.56 Å². The molecule has 1 atom stereocenters. The van der Waals surface area contributed by atoms with E-state index in [-0.39, 0.29) is 24.1 Å². The largest absolute Gasteiger partial charge is 0.496 e. The van der Waals surface area contributed by atoms with Gasteiger partial charge in [-0.2, -0.15) is 5.26 Å². The van der Waals surface area contributed by atoms with E-state index in [1.165, 1.54) is 19.2 Å². The first-order valence-corrected chi connectivity index (χ1v) is 8.95. The summed E-state index contributed by atoms with van der Waals surface area (Å²) in [4.78, 5) is 23.8. The topological polar surface area (TPSA) is 105 Å². The highest BCUT2D eigenvalue weighted by molar-refractivity contribution is 5.87. The minimum absolute atomic E-state index is 0.114. The van der Waals surface area contributed by atoms with Gasteiger partial charge in [-0.1, -0.05) is 44.2 Å². The first-order chi connectivity index (χ1) is 13.4. The van der Waals surface area contributed by atoms with E-state index in [1.807, 2.05) is 50.2 Å². The molecule has 2 rings (SSSR count). The Balaban J connectivity index is 2.71. The zero-order chi connectivity index (χ0) is 20.7. The molecular weight excluding hydrogens is 358 g/mol. The van der Waals surface area contributed by atoms with Gasteiger partial charge in [-0.3, -0.25) is 14.9 Å². The zero-order valence-corrected chi connectivity index (χ0v) is 16.1. The number of amides is 1. The van der Waals surface area contributed by atoms with Crippen molar-refractivity contribution in [3.8, 4) is 22.9 Å². The van der Waals surface area contributed by atoms with Gasteiger partial charge in [-0.05, 0) is 17.9 Å². The van der Waals surface area contributed by atoms with E-state index in [4.69, 9.17) is 10.00 Å². The van der Waals surface area contributed by atoms with Gasteiger partial charge in [0.15, 0.2) is 0 Å². The van der Waals surface area contributed by atoms with Crippen LogP contribution in [0.4, 0.5) is 5.69 Å². The van der Waals surface area contributed by atoms with Gasteiger partial charge in [-0.15, -0.1) is 0 Å². The Bertz CT molecular complexity index is 889. The molecule has 0 bridgehead atoms. The zero-order valence-electron chi connectivity index (χ0n) is 16.1. The fourth-order valence-corrected chi connectivity index (χ4v) is 3.16. The third kappa shape index (κ3) is 4.86. The predicted molar refractivity (Wildman–Crippen MR) is 106 cm³/mol. The lowest BCUT2D eigenvalue weighted by Crippen LogP contribution is -2.30. The lowest BCUT2D eigenvalue weighted by atomic mass is 9.86. The number of carbonyl (C=O) groups excluding carboxylic acids is 1. The van der Waals surface area contributed by atoms with Gasteiger partial charge in [0.2, 0.25) is 5.91 Å². The van der Waals surface area contributed by atoms with Crippen LogP contribution in [-0.2, 0) is 4.79 Å². The number of ether oxygens (including phenoxy) is 1. The van der Waals surface area contributed by atoms with Crippen molar-refractivity contribution in [2.24, 2.45) is 5.92 Å². The Morgan fingerprint density at radius 1 is 1.29 bits per heavy atom. The lowest BCUT2D eigenvalue weighted by molar-refractivity contribution is -0.384. The third-order valence-electron chi connectivity index (χ3n) is 4.34. The summed E-state index contributed by atoms with van der Waals surface area (Å²) in [5.41, 5.74) is 1.63. The second-order valence-electron chi connectivity index (χ2n) is 6.80. The Kier molecular flexibility index (Phi) is 7.10. The van der Waals surface area contributed by atoms with E-state index in [9.17, 15) is 14.9 Å². The van der Waals surface area contributed by atoms with Crippen LogP contribution >= 0.6 is 0 Å². The van der Waals surface area contributed by atoms with Crippen LogP contribution < -0.4 is 10.1 Å². The van der Waals surface area contributed by atoms with Crippen LogP contribution in [0.25, 0.3) is 11.1 Å². The van der Waals surface area contributed by atoms with Gasteiger partial charge in [0.25, 0.3) is 5.69 Å². The first kappa shape index (κ1) is 20.9. The maximum atomic E-state index is 12.7. The monoisotopic (exact) mass is 381 g/mol. The van der Waals surface area contributed by atoms with Crippen LogP contribution in [0.2, 0.25) is 0 Å². The van der Waals surface area contributed by atoms with Gasteiger partial charge in [0.05, 0.1) is 24.0 Å². The Labute approximate surface area is 164 Å². The fourth-order valence-electron chi connectivity index (χ4n) is 3.16. The highest BCUT2D eigenvalue weighted by Crippen LogP contribution is 2.42. The highest BCUT2D eigenvalue weighted by atomic mass is 16.6. The summed E-state index contributed by atoms with van der Waals surface area (Å²) >= 11 is 0. The van der Waals surface area contributed by atoms with Crippen LogP contribution in [0.5, 0.6) is 5.75 Å². The predicted octanol–water partition coefficient (Wildman–Crippen LogP) is 4.04. The van der Waals surface area contributed by atoms with Crippen LogP contribution in [-0.4, -0.2) is 24.5 Å². The Morgan fingerprint density at radius 3 is 2.50 bits per heavy atom. The molecule has 0 radical (unpaired) electrons. The highest BCUT2D eigenvalue weighted by Gasteiger charge is 2.29. The minimum Gasteiger partial charge on any atom is -0.496 e. The quantitative estimate of drug-likeness (QED) is 0.422. The summed E-state index contributed by atoms with van der Waals surface area (Å²) in [6.45, 7) is 3.80. The van der Waals surface area contributed by atoms with E-state index in [2.05, 4.69) is 5.32 Å². The number of carbonyl (C=O) groups is 1. The van der Waals surface area contributed by atoms with Crippen molar-refractivity contribution in [1.29, 1.82) is 5.26 Å². The Morgan fingerprint density at radius 2 is 1.96 bits per heavy atom. The number of nitriles is 1. The normalized spacial score (nSPS) is 11.5. The summed E-state index contributed by atoms with van der Waals surface area (Å²) in [5, 5.41) is 22.9. The van der Waals surface area contributed by atoms with Crippen molar-refractivity contribution in [2.75, 3.05) is 13.7 Å². The molecule has 0 saturated carbocycles. The molecule has 7 nitrogen and oxygen atoms in total. The maximum absolute atomic E-state index is 12.7. The average molecular weight is 381 g/mol. The summed E-state index contributed by atoms with van der Waals surface area (Å²) in [5.74, 6) is -0.449. The molecule has 2 aromatic carbocycles. The maximum Gasteiger partial charge on any atom is 0.270 e. The molecule has 0 aromatic heterocycles. The third-order valence-corrected chi connectivity index (χ3v) is 4.34. The molecule has 0 spiro atoms. The molecule has 0 fully saturated rings. The van der Waals surface area contributed by atoms with Gasteiger partial charge in [-0.25, -0.2) is 0 Å². The van der Waals surface area contributed by atoms with E-state index in [0.29, 0.717) is 23.3 Å². The van der Waals surface area contributed by atoms with Gasteiger partial charge < -0.3 is 10.1 Å². The summed E-state index contributed by atoms with van der Waals surface area (Å²) < 4.78 is 5.62. The average Bonchev–Trinajstić information content (AvgIpc) is 2.69. The first-order valence-electron chi connectivity index (χ1n) is 8.95. The minimum atomic E-state index is -0.675.